The molecule has 18 heavy (non-hydrogen) atoms. The summed E-state index contributed by atoms with van der Waals surface area (Å²) in [6.45, 7) is 3.83. The molecule has 5 N–H and O–H groups in total. The maximum atomic E-state index is 7.81. The van der Waals surface area contributed by atoms with Crippen molar-refractivity contribution in [3.8, 4) is 0 Å². The third kappa shape index (κ3) is 2.55. The predicted octanol–water partition coefficient (Wildman–Crippen LogP) is 1.92. The van der Waals surface area contributed by atoms with E-state index in [1.165, 1.54) is 0 Å². The molecule has 1 atom stereocenters. The summed E-state index contributed by atoms with van der Waals surface area (Å²) in [5.41, 5.74) is 13.0. The number of thiocarbonyl (C=S) groups is 1. The Labute approximate surface area is 112 Å². The van der Waals surface area contributed by atoms with E-state index in [0.717, 1.165) is 12.1 Å². The highest BCUT2D eigenvalue weighted by atomic mass is 32.1. The van der Waals surface area contributed by atoms with Crippen molar-refractivity contribution in [1.82, 2.24) is 4.59 Å². The van der Waals surface area contributed by atoms with E-state index < -0.39 is 4.59 Å². The molecule has 0 heterocycles. The molecule has 0 spiro atoms. The molecule has 0 saturated heterocycles. The highest BCUT2D eigenvalue weighted by Gasteiger charge is 2.40. The lowest BCUT2D eigenvalue weighted by Crippen LogP contribution is -2.60. The van der Waals surface area contributed by atoms with Gasteiger partial charge >= 0.3 is 11.1 Å². The number of rotatable bonds is 3. The van der Waals surface area contributed by atoms with Gasteiger partial charge in [-0.05, 0) is 17.9 Å². The fourth-order valence-corrected chi connectivity index (χ4v) is 1.76. The summed E-state index contributed by atoms with van der Waals surface area (Å²) in [5, 5.41) is 12.3. The minimum absolute atomic E-state index is 0.0292. The Morgan fingerprint density at radius 2 is 1.89 bits per heavy atom. The number of para-hydroxylation sites is 1. The summed E-state index contributed by atoms with van der Waals surface area (Å²) in [5.74, 6) is -0.221. The van der Waals surface area contributed by atoms with E-state index in [-0.39, 0.29) is 11.1 Å². The molecule has 0 aromatic heterocycles. The van der Waals surface area contributed by atoms with Crippen LogP contribution < -0.4 is 16.1 Å². The lowest BCUT2D eigenvalue weighted by molar-refractivity contribution is 0.617. The summed E-state index contributed by atoms with van der Waals surface area (Å²) in [4.78, 5) is 0. The van der Waals surface area contributed by atoms with Crippen molar-refractivity contribution in [3.63, 3.8) is 0 Å². The van der Waals surface area contributed by atoms with Gasteiger partial charge in [-0.2, -0.15) is 0 Å². The zero-order valence-electron chi connectivity index (χ0n) is 10.6. The van der Waals surface area contributed by atoms with E-state index >= 15 is 0 Å². The highest BCUT2D eigenvalue weighted by Crippen LogP contribution is 2.24. The fourth-order valence-electron chi connectivity index (χ4n) is 1.52. The van der Waals surface area contributed by atoms with Gasteiger partial charge in [0.1, 0.15) is 0 Å². The Morgan fingerprint density at radius 3 is 2.28 bits per heavy atom. The molecule has 0 aliphatic heterocycles. The molecule has 0 amide bonds. The average molecular weight is 264 g/mol. The summed E-state index contributed by atoms with van der Waals surface area (Å²) in [6, 6.07) is 9.13. The number of quaternary nitrogens is 1. The van der Waals surface area contributed by atoms with Gasteiger partial charge in [0, 0.05) is 24.4 Å². The first-order valence-corrected chi connectivity index (χ1v) is 6.01. The molecule has 0 aliphatic carbocycles. The van der Waals surface area contributed by atoms with Crippen LogP contribution in [-0.2, 0) is 0 Å². The molecule has 5 nitrogen and oxygen atoms in total. The third-order valence-electron chi connectivity index (χ3n) is 2.63. The van der Waals surface area contributed by atoms with E-state index in [0.29, 0.717) is 5.69 Å². The third-order valence-corrected chi connectivity index (χ3v) is 2.89. The number of hydrogen-bond donors (Lipinski definition) is 3. The van der Waals surface area contributed by atoms with Crippen LogP contribution in [0.25, 0.3) is 0 Å². The van der Waals surface area contributed by atoms with E-state index in [2.05, 4.69) is 5.10 Å². The normalized spacial score (nSPS) is 14.9. The second-order valence-corrected chi connectivity index (χ2v) is 4.30. The van der Waals surface area contributed by atoms with Crippen LogP contribution in [0.5, 0.6) is 0 Å². The standard InChI is InChI=1S/C12H17N5S/c1-3-9(2)16-17(11(13)14,12(15)18)10-7-5-4-6-8-10/h4-8H,3H2,1-2H3,(H4-,13,14,15,18)/p+1/b16-9+. The van der Waals surface area contributed by atoms with E-state index in [4.69, 9.17) is 29.1 Å². The molecule has 1 rings (SSSR count). The SMILES string of the molecule is CC/C(C)=N/[N+](C(=N)N)(C(N)=S)c1ccccc1. The molecule has 0 fully saturated rings. The largest absolute Gasteiger partial charge is 0.342 e. The summed E-state index contributed by atoms with van der Waals surface area (Å²) in [6.07, 6.45) is 0.739. The van der Waals surface area contributed by atoms with Crippen LogP contribution in [0.15, 0.2) is 35.4 Å². The molecule has 1 aromatic rings. The van der Waals surface area contributed by atoms with Crippen molar-refractivity contribution in [1.29, 1.82) is 5.41 Å². The second-order valence-electron chi connectivity index (χ2n) is 3.88. The van der Waals surface area contributed by atoms with Crippen LogP contribution in [0.3, 0.4) is 0 Å². The van der Waals surface area contributed by atoms with Crippen molar-refractivity contribution in [3.05, 3.63) is 30.3 Å². The van der Waals surface area contributed by atoms with Gasteiger partial charge in [0.05, 0.1) is 5.71 Å². The predicted molar refractivity (Wildman–Crippen MR) is 80.3 cm³/mol. The highest BCUT2D eigenvalue weighted by molar-refractivity contribution is 7.80. The summed E-state index contributed by atoms with van der Waals surface area (Å²) < 4.78 is -0.449. The second kappa shape index (κ2) is 5.70. The van der Waals surface area contributed by atoms with Crippen LogP contribution in [0.1, 0.15) is 20.3 Å². The summed E-state index contributed by atoms with van der Waals surface area (Å²) in [7, 11) is 0. The quantitative estimate of drug-likeness (QED) is 0.256. The monoisotopic (exact) mass is 264 g/mol. The Bertz CT molecular complexity index is 467. The van der Waals surface area contributed by atoms with Crippen molar-refractivity contribution in [2.45, 2.75) is 20.3 Å². The van der Waals surface area contributed by atoms with Crippen LogP contribution in [0.4, 0.5) is 5.69 Å². The zero-order chi connectivity index (χ0) is 13.8. The molecule has 0 bridgehead atoms. The summed E-state index contributed by atoms with van der Waals surface area (Å²) >= 11 is 5.08. The number of hydrogen-bond acceptors (Lipinski definition) is 3. The van der Waals surface area contributed by atoms with Gasteiger partial charge in [-0.3, -0.25) is 0 Å². The van der Waals surface area contributed by atoms with Crippen molar-refractivity contribution < 1.29 is 0 Å². The smallest absolute Gasteiger partial charge is 0.332 e. The Kier molecular flexibility index (Phi) is 4.52. The van der Waals surface area contributed by atoms with Crippen LogP contribution >= 0.6 is 12.2 Å². The van der Waals surface area contributed by atoms with E-state index in [1.54, 1.807) is 12.1 Å². The van der Waals surface area contributed by atoms with Crippen LogP contribution in [-0.4, -0.2) is 16.8 Å². The Balaban J connectivity index is 3.51. The molecule has 0 saturated carbocycles. The molecule has 0 aliphatic rings. The lowest BCUT2D eigenvalue weighted by Gasteiger charge is -2.27. The van der Waals surface area contributed by atoms with Crippen LogP contribution in [0, 0.1) is 5.41 Å². The molecule has 1 aromatic carbocycles. The number of benzene rings is 1. The number of nitrogens with zero attached hydrogens (tertiary/aromatic N) is 2. The van der Waals surface area contributed by atoms with Crippen molar-refractivity contribution in [2.75, 3.05) is 0 Å². The topological polar surface area (TPSA) is 88.2 Å². The average Bonchev–Trinajstić information content (AvgIpc) is 2.35. The minimum Gasteiger partial charge on any atom is -0.342 e. The molecule has 6 heteroatoms. The van der Waals surface area contributed by atoms with Crippen molar-refractivity contribution in [2.24, 2.45) is 16.6 Å². The molecular formula is C12H18N5S+. The molecule has 1 unspecified atom stereocenters. The first-order chi connectivity index (χ1) is 8.45. The molecular weight excluding hydrogens is 246 g/mol. The fraction of sp³-hybridized carbons (Fsp3) is 0.250. The van der Waals surface area contributed by atoms with Gasteiger partial charge in [-0.25, -0.2) is 5.41 Å². The maximum Gasteiger partial charge on any atom is 0.332 e. The number of guanidine groups is 1. The van der Waals surface area contributed by atoms with Gasteiger partial charge < -0.3 is 11.5 Å². The van der Waals surface area contributed by atoms with E-state index in [9.17, 15) is 0 Å². The minimum atomic E-state index is -0.449. The number of nitrogens with two attached hydrogens (primary N) is 2. The van der Waals surface area contributed by atoms with Gasteiger partial charge in [0.2, 0.25) is 0 Å². The Morgan fingerprint density at radius 1 is 1.33 bits per heavy atom. The van der Waals surface area contributed by atoms with Gasteiger partial charge in [0.25, 0.3) is 0 Å². The van der Waals surface area contributed by atoms with Gasteiger partial charge in [-0.1, -0.05) is 30.2 Å². The number of nitrogens with one attached hydrogen (secondary N) is 1. The molecule has 96 valence electrons. The maximum absolute atomic E-state index is 7.81. The Hall–Kier alpha value is -1.79. The van der Waals surface area contributed by atoms with E-state index in [1.807, 2.05) is 32.0 Å². The van der Waals surface area contributed by atoms with Gasteiger partial charge in [0.15, 0.2) is 5.69 Å². The first-order valence-electron chi connectivity index (χ1n) is 5.60. The lowest BCUT2D eigenvalue weighted by atomic mass is 10.3. The zero-order valence-corrected chi connectivity index (χ0v) is 11.4. The van der Waals surface area contributed by atoms with Crippen molar-refractivity contribution >= 4 is 34.7 Å². The van der Waals surface area contributed by atoms with Crippen LogP contribution in [0.2, 0.25) is 0 Å². The van der Waals surface area contributed by atoms with Gasteiger partial charge in [-0.15, -0.1) is 0 Å². The first kappa shape index (κ1) is 14.3. The molecule has 0 radical (unpaired) electrons.